The Labute approximate surface area is 183 Å². The Bertz CT molecular complexity index is 811. The number of carbonyl (C=O) groups excluding carboxylic acids is 1. The lowest BCUT2D eigenvalue weighted by atomic mass is 9.74. The number of piperidine rings is 2. The number of hydrogen-bond donors (Lipinski definition) is 0. The molecule has 3 heterocycles. The first-order chi connectivity index (χ1) is 15.1. The number of carbonyl (C=O) groups is 1. The minimum atomic E-state index is -0.188. The number of amides is 1. The van der Waals surface area contributed by atoms with Gasteiger partial charge in [-0.15, -0.1) is 0 Å². The summed E-state index contributed by atoms with van der Waals surface area (Å²) in [6, 6.07) is 5.73. The maximum absolute atomic E-state index is 13.9. The number of fused-ring (bicyclic) bond motifs is 3. The third-order valence-electron chi connectivity index (χ3n) is 8.04. The molecule has 3 unspecified atom stereocenters. The van der Waals surface area contributed by atoms with Crippen LogP contribution in [0.1, 0.15) is 44.1 Å². The van der Waals surface area contributed by atoms with Gasteiger partial charge in [-0.3, -0.25) is 0 Å². The van der Waals surface area contributed by atoms with Gasteiger partial charge in [0.2, 0.25) is 0 Å². The highest BCUT2D eigenvalue weighted by Gasteiger charge is 2.48. The van der Waals surface area contributed by atoms with Crippen molar-refractivity contribution in [2.45, 2.75) is 56.0 Å². The van der Waals surface area contributed by atoms with Crippen molar-refractivity contribution in [3.05, 3.63) is 29.6 Å². The molecule has 170 valence electrons. The topological polar surface area (TPSA) is 51.2 Å². The second-order valence-corrected chi connectivity index (χ2v) is 9.64. The SMILES string of the molecule is COCCOC(=O)N1CCCC2CC(N3CCC4(CC3)COc3ccc(F)cc34)CC21. The molecule has 31 heavy (non-hydrogen) atoms. The molecule has 0 aromatic heterocycles. The summed E-state index contributed by atoms with van der Waals surface area (Å²) < 4.78 is 30.2. The molecule has 1 amide bonds. The van der Waals surface area contributed by atoms with Gasteiger partial charge in [0.25, 0.3) is 0 Å². The molecule has 1 aromatic rings. The van der Waals surface area contributed by atoms with Gasteiger partial charge in [0.1, 0.15) is 18.2 Å². The van der Waals surface area contributed by atoms with Crippen LogP contribution in [0.4, 0.5) is 9.18 Å². The number of nitrogens with zero attached hydrogens (tertiary/aromatic N) is 2. The van der Waals surface area contributed by atoms with Crippen LogP contribution in [-0.4, -0.2) is 74.5 Å². The fourth-order valence-electron chi connectivity index (χ4n) is 6.34. The van der Waals surface area contributed by atoms with Crippen LogP contribution in [0.3, 0.4) is 0 Å². The van der Waals surface area contributed by atoms with Crippen molar-refractivity contribution in [2.24, 2.45) is 5.92 Å². The number of likely N-dealkylation sites (tertiary alicyclic amines) is 2. The smallest absolute Gasteiger partial charge is 0.410 e. The Hall–Kier alpha value is -1.86. The molecule has 0 radical (unpaired) electrons. The fourth-order valence-corrected chi connectivity index (χ4v) is 6.34. The lowest BCUT2D eigenvalue weighted by Crippen LogP contribution is -2.48. The monoisotopic (exact) mass is 432 g/mol. The molecule has 2 saturated heterocycles. The van der Waals surface area contributed by atoms with Gasteiger partial charge in [0.15, 0.2) is 0 Å². The molecule has 3 aliphatic heterocycles. The number of ether oxygens (including phenoxy) is 3. The Kier molecular flexibility index (Phi) is 5.82. The van der Waals surface area contributed by atoms with E-state index in [1.165, 1.54) is 12.5 Å². The zero-order chi connectivity index (χ0) is 21.4. The van der Waals surface area contributed by atoms with Crippen LogP contribution in [0.5, 0.6) is 5.75 Å². The molecule has 5 rings (SSSR count). The molecule has 1 aromatic carbocycles. The zero-order valence-electron chi connectivity index (χ0n) is 18.4. The molecule has 7 heteroatoms. The number of rotatable bonds is 4. The van der Waals surface area contributed by atoms with Crippen molar-refractivity contribution in [3.8, 4) is 5.75 Å². The lowest BCUT2D eigenvalue weighted by molar-refractivity contribution is 0.0435. The summed E-state index contributed by atoms with van der Waals surface area (Å²) in [5, 5.41) is 0. The van der Waals surface area contributed by atoms with E-state index in [9.17, 15) is 9.18 Å². The number of benzene rings is 1. The first kappa shape index (κ1) is 21.0. The average molecular weight is 433 g/mol. The molecule has 0 bridgehead atoms. The van der Waals surface area contributed by atoms with Crippen molar-refractivity contribution in [3.63, 3.8) is 0 Å². The van der Waals surface area contributed by atoms with Crippen LogP contribution in [-0.2, 0) is 14.9 Å². The maximum Gasteiger partial charge on any atom is 0.410 e. The molecule has 4 aliphatic rings. The summed E-state index contributed by atoms with van der Waals surface area (Å²) in [7, 11) is 1.61. The van der Waals surface area contributed by atoms with Gasteiger partial charge >= 0.3 is 6.09 Å². The van der Waals surface area contributed by atoms with Crippen molar-refractivity contribution in [1.29, 1.82) is 0 Å². The molecular formula is C24H33FN2O4. The molecule has 1 saturated carbocycles. The van der Waals surface area contributed by atoms with E-state index in [0.29, 0.717) is 31.8 Å². The predicted molar refractivity (Wildman–Crippen MR) is 114 cm³/mol. The van der Waals surface area contributed by atoms with Gasteiger partial charge in [0.05, 0.1) is 13.2 Å². The summed E-state index contributed by atoms with van der Waals surface area (Å²) >= 11 is 0. The molecule has 1 spiro atoms. The molecule has 3 fully saturated rings. The molecule has 6 nitrogen and oxygen atoms in total. The molecule has 3 atom stereocenters. The Morgan fingerprint density at radius 3 is 2.87 bits per heavy atom. The van der Waals surface area contributed by atoms with E-state index in [4.69, 9.17) is 14.2 Å². The quantitative estimate of drug-likeness (QED) is 0.681. The van der Waals surface area contributed by atoms with Crippen LogP contribution < -0.4 is 4.74 Å². The van der Waals surface area contributed by atoms with E-state index in [1.807, 2.05) is 4.90 Å². The number of halogens is 1. The summed E-state index contributed by atoms with van der Waals surface area (Å²) in [4.78, 5) is 17.2. The minimum Gasteiger partial charge on any atom is -0.492 e. The third kappa shape index (κ3) is 3.91. The Balaban J connectivity index is 1.21. The van der Waals surface area contributed by atoms with E-state index < -0.39 is 0 Å². The van der Waals surface area contributed by atoms with Crippen molar-refractivity contribution in [2.75, 3.05) is 46.6 Å². The largest absolute Gasteiger partial charge is 0.492 e. The molecular weight excluding hydrogens is 399 g/mol. The van der Waals surface area contributed by atoms with Crippen molar-refractivity contribution < 1.29 is 23.4 Å². The van der Waals surface area contributed by atoms with Crippen LogP contribution in [0.25, 0.3) is 0 Å². The lowest BCUT2D eigenvalue weighted by Gasteiger charge is -2.41. The summed E-state index contributed by atoms with van der Waals surface area (Å²) in [5.41, 5.74) is 1.01. The Morgan fingerprint density at radius 2 is 2.06 bits per heavy atom. The average Bonchev–Trinajstić information content (AvgIpc) is 3.36. The van der Waals surface area contributed by atoms with Crippen LogP contribution >= 0.6 is 0 Å². The van der Waals surface area contributed by atoms with Gasteiger partial charge in [-0.05, 0) is 75.7 Å². The van der Waals surface area contributed by atoms with Gasteiger partial charge in [-0.1, -0.05) is 0 Å². The highest BCUT2D eigenvalue weighted by Crippen LogP contribution is 2.47. The van der Waals surface area contributed by atoms with E-state index in [2.05, 4.69) is 4.90 Å². The highest BCUT2D eigenvalue weighted by molar-refractivity contribution is 5.68. The molecule has 1 aliphatic carbocycles. The number of hydrogen-bond acceptors (Lipinski definition) is 5. The minimum absolute atomic E-state index is 0.0452. The molecule has 0 N–H and O–H groups in total. The second-order valence-electron chi connectivity index (χ2n) is 9.64. The van der Waals surface area contributed by atoms with E-state index >= 15 is 0 Å². The normalized spacial score (nSPS) is 29.5. The second kappa shape index (κ2) is 8.58. The summed E-state index contributed by atoms with van der Waals surface area (Å²) in [5.74, 6) is 1.24. The maximum atomic E-state index is 13.9. The summed E-state index contributed by atoms with van der Waals surface area (Å²) in [6.45, 7) is 4.20. The first-order valence-corrected chi connectivity index (χ1v) is 11.7. The van der Waals surface area contributed by atoms with Crippen LogP contribution in [0.15, 0.2) is 18.2 Å². The van der Waals surface area contributed by atoms with Gasteiger partial charge in [0, 0.05) is 36.7 Å². The summed E-state index contributed by atoms with van der Waals surface area (Å²) in [6.07, 6.45) is 6.24. The third-order valence-corrected chi connectivity index (χ3v) is 8.04. The van der Waals surface area contributed by atoms with Gasteiger partial charge in [-0.2, -0.15) is 0 Å². The van der Waals surface area contributed by atoms with E-state index in [-0.39, 0.29) is 23.4 Å². The van der Waals surface area contributed by atoms with Gasteiger partial charge < -0.3 is 24.0 Å². The van der Waals surface area contributed by atoms with Crippen molar-refractivity contribution >= 4 is 6.09 Å². The first-order valence-electron chi connectivity index (χ1n) is 11.7. The standard InChI is InChI=1S/C24H33FN2O4/c1-29-11-12-30-23(28)27-8-2-3-17-13-19(15-21(17)27)26-9-6-24(7-10-26)16-31-22-5-4-18(25)14-20(22)24/h4-5,14,17,19,21H,2-3,6-13,15-16H2,1H3. The van der Waals surface area contributed by atoms with Crippen LogP contribution in [0.2, 0.25) is 0 Å². The van der Waals surface area contributed by atoms with Crippen molar-refractivity contribution in [1.82, 2.24) is 9.80 Å². The number of methoxy groups -OCH3 is 1. The Morgan fingerprint density at radius 1 is 1.23 bits per heavy atom. The van der Waals surface area contributed by atoms with Gasteiger partial charge in [-0.25, -0.2) is 9.18 Å². The van der Waals surface area contributed by atoms with E-state index in [0.717, 1.165) is 63.1 Å². The zero-order valence-corrected chi connectivity index (χ0v) is 18.4. The highest BCUT2D eigenvalue weighted by atomic mass is 19.1. The van der Waals surface area contributed by atoms with E-state index in [1.54, 1.807) is 19.2 Å². The van der Waals surface area contributed by atoms with Crippen LogP contribution in [0, 0.1) is 11.7 Å². The fraction of sp³-hybridized carbons (Fsp3) is 0.708. The predicted octanol–water partition coefficient (Wildman–Crippen LogP) is 3.58.